The number of amides is 1. The van der Waals surface area contributed by atoms with Gasteiger partial charge >= 0.3 is 0 Å². The van der Waals surface area contributed by atoms with Crippen LogP contribution >= 0.6 is 11.3 Å². The first-order valence-electron chi connectivity index (χ1n) is 7.16. The van der Waals surface area contributed by atoms with Gasteiger partial charge in [-0.05, 0) is 27.8 Å². The standard InChI is InChI=1S/C15H25N3OS/c1-15(2,3)13(16)14(19)18-7-5-17(6-8-18)10-12-4-9-20-11-12/h4,9,11,13H,5-8,10,16H2,1-3H3. The van der Waals surface area contributed by atoms with Crippen LogP contribution in [0.2, 0.25) is 0 Å². The molecule has 1 aliphatic heterocycles. The van der Waals surface area contributed by atoms with Crippen molar-refractivity contribution in [1.29, 1.82) is 0 Å². The van der Waals surface area contributed by atoms with Crippen molar-refractivity contribution < 1.29 is 4.79 Å². The van der Waals surface area contributed by atoms with Crippen molar-refractivity contribution in [3.8, 4) is 0 Å². The van der Waals surface area contributed by atoms with Crippen LogP contribution < -0.4 is 5.73 Å². The first-order valence-corrected chi connectivity index (χ1v) is 8.10. The van der Waals surface area contributed by atoms with Crippen LogP contribution in [0.4, 0.5) is 0 Å². The van der Waals surface area contributed by atoms with Gasteiger partial charge in [-0.25, -0.2) is 0 Å². The van der Waals surface area contributed by atoms with Gasteiger partial charge in [-0.1, -0.05) is 20.8 Å². The maximum atomic E-state index is 12.4. The lowest BCUT2D eigenvalue weighted by Crippen LogP contribution is -2.56. The van der Waals surface area contributed by atoms with Gasteiger partial charge in [0.15, 0.2) is 0 Å². The topological polar surface area (TPSA) is 49.6 Å². The smallest absolute Gasteiger partial charge is 0.240 e. The fourth-order valence-electron chi connectivity index (χ4n) is 2.33. The summed E-state index contributed by atoms with van der Waals surface area (Å²) >= 11 is 1.73. The Morgan fingerprint density at radius 3 is 2.50 bits per heavy atom. The van der Waals surface area contributed by atoms with Gasteiger partial charge < -0.3 is 10.6 Å². The van der Waals surface area contributed by atoms with Crippen LogP contribution in [0.25, 0.3) is 0 Å². The summed E-state index contributed by atoms with van der Waals surface area (Å²) < 4.78 is 0. The third kappa shape index (κ3) is 3.81. The van der Waals surface area contributed by atoms with Crippen molar-refractivity contribution in [2.45, 2.75) is 33.4 Å². The van der Waals surface area contributed by atoms with Crippen molar-refractivity contribution in [3.63, 3.8) is 0 Å². The van der Waals surface area contributed by atoms with Gasteiger partial charge in [0.1, 0.15) is 0 Å². The maximum absolute atomic E-state index is 12.4. The van der Waals surface area contributed by atoms with Gasteiger partial charge in [0.2, 0.25) is 5.91 Å². The van der Waals surface area contributed by atoms with Crippen LogP contribution in [0.15, 0.2) is 16.8 Å². The van der Waals surface area contributed by atoms with E-state index in [1.165, 1.54) is 5.56 Å². The molecular formula is C15H25N3OS. The van der Waals surface area contributed by atoms with Crippen LogP contribution in [0, 0.1) is 5.41 Å². The number of hydrogen-bond acceptors (Lipinski definition) is 4. The Bertz CT molecular complexity index is 430. The van der Waals surface area contributed by atoms with Gasteiger partial charge in [0.05, 0.1) is 6.04 Å². The molecule has 1 aliphatic rings. The van der Waals surface area contributed by atoms with Crippen molar-refractivity contribution in [3.05, 3.63) is 22.4 Å². The molecule has 112 valence electrons. The molecule has 1 saturated heterocycles. The van der Waals surface area contributed by atoms with Crippen LogP contribution in [0.3, 0.4) is 0 Å². The quantitative estimate of drug-likeness (QED) is 0.924. The average Bonchev–Trinajstić information content (AvgIpc) is 2.90. The van der Waals surface area contributed by atoms with E-state index in [0.29, 0.717) is 0 Å². The minimum absolute atomic E-state index is 0.0904. The van der Waals surface area contributed by atoms with E-state index in [9.17, 15) is 4.79 Å². The fourth-order valence-corrected chi connectivity index (χ4v) is 2.99. The van der Waals surface area contributed by atoms with Crippen molar-refractivity contribution in [1.82, 2.24) is 9.80 Å². The Hall–Kier alpha value is -0.910. The molecule has 1 fully saturated rings. The van der Waals surface area contributed by atoms with Crippen molar-refractivity contribution in [2.24, 2.45) is 11.1 Å². The number of nitrogens with zero attached hydrogens (tertiary/aromatic N) is 2. The average molecular weight is 295 g/mol. The molecule has 0 radical (unpaired) electrons. The molecule has 0 aliphatic carbocycles. The Kier molecular flexibility index (Phi) is 4.83. The molecule has 0 bridgehead atoms. The lowest BCUT2D eigenvalue weighted by Gasteiger charge is -2.38. The highest BCUT2D eigenvalue weighted by Gasteiger charge is 2.32. The van der Waals surface area contributed by atoms with Gasteiger partial charge in [-0.15, -0.1) is 0 Å². The zero-order valence-corrected chi connectivity index (χ0v) is 13.4. The molecule has 0 spiro atoms. The molecule has 2 N–H and O–H groups in total. The fraction of sp³-hybridized carbons (Fsp3) is 0.667. The summed E-state index contributed by atoms with van der Waals surface area (Å²) in [5.74, 6) is 0.0904. The summed E-state index contributed by atoms with van der Waals surface area (Å²) in [6.07, 6.45) is 0. The number of piperazine rings is 1. The summed E-state index contributed by atoms with van der Waals surface area (Å²) in [5, 5.41) is 4.30. The largest absolute Gasteiger partial charge is 0.339 e. The number of hydrogen-bond donors (Lipinski definition) is 1. The van der Waals surface area contributed by atoms with E-state index < -0.39 is 6.04 Å². The number of carbonyl (C=O) groups is 1. The Labute approximate surface area is 125 Å². The molecule has 1 atom stereocenters. The van der Waals surface area contributed by atoms with Gasteiger partial charge in [0.25, 0.3) is 0 Å². The molecule has 4 nitrogen and oxygen atoms in total. The second kappa shape index (κ2) is 6.24. The van der Waals surface area contributed by atoms with Gasteiger partial charge in [0, 0.05) is 32.7 Å². The van der Waals surface area contributed by atoms with E-state index in [1.807, 2.05) is 25.7 Å². The van der Waals surface area contributed by atoms with E-state index in [2.05, 4.69) is 21.7 Å². The Morgan fingerprint density at radius 2 is 2.00 bits per heavy atom. The summed E-state index contributed by atoms with van der Waals surface area (Å²) in [5.41, 5.74) is 7.25. The number of thiophene rings is 1. The van der Waals surface area contributed by atoms with Crippen LogP contribution in [0.5, 0.6) is 0 Å². The van der Waals surface area contributed by atoms with E-state index in [4.69, 9.17) is 5.73 Å². The molecule has 2 rings (SSSR count). The third-order valence-electron chi connectivity index (χ3n) is 3.87. The predicted molar refractivity (Wildman–Crippen MR) is 83.6 cm³/mol. The molecule has 5 heteroatoms. The van der Waals surface area contributed by atoms with E-state index in [-0.39, 0.29) is 11.3 Å². The monoisotopic (exact) mass is 295 g/mol. The summed E-state index contributed by atoms with van der Waals surface area (Å²) in [4.78, 5) is 16.7. The van der Waals surface area contributed by atoms with Crippen LogP contribution in [-0.4, -0.2) is 47.9 Å². The highest BCUT2D eigenvalue weighted by molar-refractivity contribution is 7.07. The SMILES string of the molecule is CC(C)(C)C(N)C(=O)N1CCN(Cc2ccsc2)CC1. The van der Waals surface area contributed by atoms with Crippen molar-refractivity contribution >= 4 is 17.2 Å². The normalized spacial score (nSPS) is 19.1. The molecule has 0 saturated carbocycles. The van der Waals surface area contributed by atoms with E-state index in [1.54, 1.807) is 11.3 Å². The summed E-state index contributed by atoms with van der Waals surface area (Å²) in [6.45, 7) is 10.5. The molecule has 1 unspecified atom stereocenters. The third-order valence-corrected chi connectivity index (χ3v) is 4.60. The minimum atomic E-state index is -0.411. The molecule has 1 amide bonds. The van der Waals surface area contributed by atoms with Gasteiger partial charge in [-0.3, -0.25) is 9.69 Å². The van der Waals surface area contributed by atoms with E-state index in [0.717, 1.165) is 32.7 Å². The maximum Gasteiger partial charge on any atom is 0.240 e. The number of rotatable bonds is 3. The Morgan fingerprint density at radius 1 is 1.35 bits per heavy atom. The highest BCUT2D eigenvalue weighted by atomic mass is 32.1. The first kappa shape index (κ1) is 15.5. The number of carbonyl (C=O) groups excluding carboxylic acids is 1. The molecule has 2 heterocycles. The minimum Gasteiger partial charge on any atom is -0.339 e. The highest BCUT2D eigenvalue weighted by Crippen LogP contribution is 2.20. The van der Waals surface area contributed by atoms with Crippen molar-refractivity contribution in [2.75, 3.05) is 26.2 Å². The van der Waals surface area contributed by atoms with Gasteiger partial charge in [-0.2, -0.15) is 11.3 Å². The zero-order valence-electron chi connectivity index (χ0n) is 12.6. The molecular weight excluding hydrogens is 270 g/mol. The molecule has 0 aromatic carbocycles. The lowest BCUT2D eigenvalue weighted by atomic mass is 9.86. The van der Waals surface area contributed by atoms with E-state index >= 15 is 0 Å². The molecule has 20 heavy (non-hydrogen) atoms. The summed E-state index contributed by atoms with van der Waals surface area (Å²) in [7, 11) is 0. The Balaban J connectivity index is 1.83. The number of nitrogens with two attached hydrogens (primary N) is 1. The first-order chi connectivity index (χ1) is 9.38. The lowest BCUT2D eigenvalue weighted by molar-refractivity contribution is -0.136. The molecule has 1 aromatic rings. The summed E-state index contributed by atoms with van der Waals surface area (Å²) in [6, 6.07) is 1.75. The molecule has 1 aromatic heterocycles. The second-order valence-electron chi connectivity index (χ2n) is 6.58. The predicted octanol–water partition coefficient (Wildman–Crippen LogP) is 1.77. The van der Waals surface area contributed by atoms with Crippen LogP contribution in [0.1, 0.15) is 26.3 Å². The van der Waals surface area contributed by atoms with Crippen LogP contribution in [-0.2, 0) is 11.3 Å². The zero-order chi connectivity index (χ0) is 14.8. The second-order valence-corrected chi connectivity index (χ2v) is 7.36.